The number of aromatic nitrogens is 2. The van der Waals surface area contributed by atoms with Gasteiger partial charge in [0, 0.05) is 19.7 Å². The smallest absolute Gasteiger partial charge is 0.439 e. The molecule has 0 aliphatic rings. The Morgan fingerprint density at radius 3 is 2.19 bits per heavy atom. The van der Waals surface area contributed by atoms with E-state index in [9.17, 15) is 25.0 Å². The number of hydrogen-bond donors (Lipinski definition) is 0. The molecule has 0 saturated carbocycles. The molecule has 0 aliphatic heterocycles. The molecule has 0 amide bonds. The first-order chi connectivity index (χ1) is 14.4. The Bertz CT molecular complexity index is 827. The summed E-state index contributed by atoms with van der Waals surface area (Å²) < 4.78 is 12.7. The fourth-order valence-corrected chi connectivity index (χ4v) is 3.55. The van der Waals surface area contributed by atoms with Crippen LogP contribution in [0.5, 0.6) is 0 Å². The van der Waals surface area contributed by atoms with Crippen molar-refractivity contribution >= 4 is 26.1 Å². The van der Waals surface area contributed by atoms with E-state index in [1.165, 1.54) is 0 Å². The van der Waals surface area contributed by atoms with Gasteiger partial charge in [0.1, 0.15) is 5.60 Å². The summed E-state index contributed by atoms with van der Waals surface area (Å²) in [6, 6.07) is 0. The lowest BCUT2D eigenvalue weighted by atomic mass is 10.2. The summed E-state index contributed by atoms with van der Waals surface area (Å²) in [6.45, 7) is 16.9. The fourth-order valence-electron chi connectivity index (χ4n) is 2.51. The number of carbonyl (C=O) groups excluding carboxylic acids is 1. The second-order valence-corrected chi connectivity index (χ2v) is 14.9. The van der Waals surface area contributed by atoms with Crippen LogP contribution in [-0.2, 0) is 20.5 Å². The van der Waals surface area contributed by atoms with Gasteiger partial charge < -0.3 is 29.4 Å². The molecule has 0 spiro atoms. The molecular formula is C19H35N5O7Si. The highest BCUT2D eigenvalue weighted by molar-refractivity contribution is 6.74. The lowest BCUT2D eigenvalue weighted by Crippen LogP contribution is -2.44. The third-order valence-electron chi connectivity index (χ3n) is 5.20. The molecule has 1 aromatic rings. The molecule has 182 valence electrons. The van der Waals surface area contributed by atoms with E-state index in [1.807, 2.05) is 0 Å². The Morgan fingerprint density at radius 1 is 1.12 bits per heavy atom. The fraction of sp³-hybridized carbons (Fsp3) is 0.789. The number of ether oxygens (including phenoxy) is 1. The molecule has 0 fully saturated rings. The summed E-state index contributed by atoms with van der Waals surface area (Å²) in [4.78, 5) is 38.2. The van der Waals surface area contributed by atoms with Gasteiger partial charge in [0.25, 0.3) is 0 Å². The van der Waals surface area contributed by atoms with Crippen LogP contribution in [0.1, 0.15) is 41.5 Å². The van der Waals surface area contributed by atoms with Crippen LogP contribution in [0.15, 0.2) is 6.20 Å². The van der Waals surface area contributed by atoms with Gasteiger partial charge in [-0.05, 0) is 53.7 Å². The molecule has 0 atom stereocenters. The molecule has 13 heteroatoms. The highest BCUT2D eigenvalue weighted by Gasteiger charge is 2.37. The lowest BCUT2D eigenvalue weighted by molar-refractivity contribution is -0.403. The summed E-state index contributed by atoms with van der Waals surface area (Å²) in [7, 11) is -1.99. The van der Waals surface area contributed by atoms with Crippen LogP contribution >= 0.6 is 0 Å². The van der Waals surface area contributed by atoms with E-state index in [0.29, 0.717) is 13.2 Å². The minimum absolute atomic E-state index is 0.0271. The number of carbonyl (C=O) groups is 1. The van der Waals surface area contributed by atoms with Crippen LogP contribution in [-0.4, -0.2) is 70.4 Å². The summed E-state index contributed by atoms with van der Waals surface area (Å²) >= 11 is 0. The third kappa shape index (κ3) is 8.63. The molecule has 0 radical (unpaired) electrons. The quantitative estimate of drug-likeness (QED) is 0.204. The van der Waals surface area contributed by atoms with Crippen molar-refractivity contribution in [1.82, 2.24) is 14.5 Å². The van der Waals surface area contributed by atoms with E-state index in [4.69, 9.17) is 9.16 Å². The van der Waals surface area contributed by atoms with Crippen molar-refractivity contribution in [3.05, 3.63) is 26.4 Å². The monoisotopic (exact) mass is 473 g/mol. The van der Waals surface area contributed by atoms with Gasteiger partial charge in [-0.3, -0.25) is 9.69 Å². The first kappa shape index (κ1) is 27.7. The average molecular weight is 474 g/mol. The van der Waals surface area contributed by atoms with Crippen molar-refractivity contribution < 1.29 is 23.8 Å². The Morgan fingerprint density at radius 2 is 1.72 bits per heavy atom. The van der Waals surface area contributed by atoms with Crippen LogP contribution in [0.4, 0.5) is 11.8 Å². The largest absolute Gasteiger partial charge is 0.459 e. The van der Waals surface area contributed by atoms with Crippen LogP contribution in [0.2, 0.25) is 18.1 Å². The summed E-state index contributed by atoms with van der Waals surface area (Å²) in [6.07, 6.45) is 1.02. The van der Waals surface area contributed by atoms with E-state index in [0.717, 1.165) is 10.8 Å². The molecule has 1 heterocycles. The number of rotatable bonds is 11. The zero-order valence-corrected chi connectivity index (χ0v) is 21.2. The van der Waals surface area contributed by atoms with E-state index >= 15 is 0 Å². The predicted octanol–water partition coefficient (Wildman–Crippen LogP) is 3.37. The highest BCUT2D eigenvalue weighted by atomic mass is 28.4. The first-order valence-corrected chi connectivity index (χ1v) is 13.3. The van der Waals surface area contributed by atoms with Gasteiger partial charge in [-0.25, -0.2) is 4.57 Å². The van der Waals surface area contributed by atoms with Crippen LogP contribution < -0.4 is 0 Å². The molecule has 32 heavy (non-hydrogen) atoms. The Balaban J connectivity index is 2.93. The summed E-state index contributed by atoms with van der Waals surface area (Å²) in [5.41, 5.74) is -0.649. The van der Waals surface area contributed by atoms with Crippen LogP contribution in [0, 0.1) is 20.2 Å². The van der Waals surface area contributed by atoms with Crippen LogP contribution in [0.3, 0.4) is 0 Å². The van der Waals surface area contributed by atoms with E-state index in [2.05, 4.69) is 38.8 Å². The number of nitrogens with zero attached hydrogens (tertiary/aromatic N) is 5. The number of hydrogen-bond acceptors (Lipinski definition) is 9. The molecule has 0 saturated heterocycles. The van der Waals surface area contributed by atoms with Crippen molar-refractivity contribution in [3.63, 3.8) is 0 Å². The SMILES string of the molecule is CC(C)(C)OC(=O)CN(CCO[Si](C)(C)C(C)(C)C)CCn1cc([N+](=O)[O-])nc1[N+](=O)[O-]. The molecule has 0 N–H and O–H groups in total. The van der Waals surface area contributed by atoms with Gasteiger partial charge in [0.15, 0.2) is 14.5 Å². The topological polar surface area (TPSA) is 143 Å². The van der Waals surface area contributed by atoms with Gasteiger partial charge >= 0.3 is 17.7 Å². The standard InChI is InChI=1S/C19H35N5O7Si/c1-18(2,3)31-16(25)14-21(11-12-30-32(7,8)19(4,5)6)9-10-22-13-15(23(26)27)20-17(22)24(28)29/h13H,9-12,14H2,1-8H3. The van der Waals surface area contributed by atoms with E-state index in [-0.39, 0.29) is 24.7 Å². The van der Waals surface area contributed by atoms with Gasteiger partial charge in [0.2, 0.25) is 0 Å². The van der Waals surface area contributed by atoms with Crippen molar-refractivity contribution in [2.24, 2.45) is 0 Å². The summed E-state index contributed by atoms with van der Waals surface area (Å²) in [5.74, 6) is -1.65. The Labute approximate surface area is 189 Å². The van der Waals surface area contributed by atoms with Gasteiger partial charge in [-0.15, -0.1) is 0 Å². The number of nitro groups is 2. The first-order valence-electron chi connectivity index (χ1n) is 10.4. The van der Waals surface area contributed by atoms with Gasteiger partial charge in [-0.2, -0.15) is 0 Å². The second-order valence-electron chi connectivity index (χ2n) is 10.1. The maximum Gasteiger partial charge on any atom is 0.439 e. The minimum Gasteiger partial charge on any atom is -0.459 e. The second kappa shape index (κ2) is 10.5. The van der Waals surface area contributed by atoms with Gasteiger partial charge in [0.05, 0.1) is 13.1 Å². The van der Waals surface area contributed by atoms with Gasteiger partial charge in [-0.1, -0.05) is 20.8 Å². The highest BCUT2D eigenvalue weighted by Crippen LogP contribution is 2.36. The molecule has 0 unspecified atom stereocenters. The Hall–Kier alpha value is -2.38. The lowest BCUT2D eigenvalue weighted by Gasteiger charge is -2.36. The maximum atomic E-state index is 12.4. The van der Waals surface area contributed by atoms with Crippen molar-refractivity contribution in [2.45, 2.75) is 71.8 Å². The minimum atomic E-state index is -1.99. The normalized spacial score (nSPS) is 12.8. The third-order valence-corrected chi connectivity index (χ3v) is 9.74. The van der Waals surface area contributed by atoms with Crippen LogP contribution in [0.25, 0.3) is 0 Å². The Kier molecular flexibility index (Phi) is 9.06. The van der Waals surface area contributed by atoms with Crippen molar-refractivity contribution in [3.8, 4) is 0 Å². The predicted molar refractivity (Wildman–Crippen MR) is 121 cm³/mol. The van der Waals surface area contributed by atoms with E-state index in [1.54, 1.807) is 25.7 Å². The number of esters is 1. The molecule has 1 rings (SSSR count). The van der Waals surface area contributed by atoms with Crippen molar-refractivity contribution in [2.75, 3.05) is 26.2 Å². The maximum absolute atomic E-state index is 12.4. The molecule has 12 nitrogen and oxygen atoms in total. The molecule has 0 aliphatic carbocycles. The zero-order chi connectivity index (χ0) is 24.9. The van der Waals surface area contributed by atoms with Crippen molar-refractivity contribution in [1.29, 1.82) is 0 Å². The number of imidazole rings is 1. The zero-order valence-electron chi connectivity index (χ0n) is 20.2. The summed E-state index contributed by atoms with van der Waals surface area (Å²) in [5, 5.41) is 22.2. The molecule has 0 bridgehead atoms. The van der Waals surface area contributed by atoms with E-state index < -0.39 is 41.5 Å². The molecular weight excluding hydrogens is 438 g/mol. The average Bonchev–Trinajstić information content (AvgIpc) is 3.01. The molecule has 0 aromatic carbocycles. The molecule has 1 aromatic heterocycles.